The second-order valence-corrected chi connectivity index (χ2v) is 5.77. The normalized spacial score (nSPS) is 10.4. The molecule has 0 fully saturated rings. The Labute approximate surface area is 145 Å². The molecule has 25 heavy (non-hydrogen) atoms. The van der Waals surface area contributed by atoms with E-state index < -0.39 is 0 Å². The van der Waals surface area contributed by atoms with E-state index in [1.54, 1.807) is 16.8 Å². The predicted octanol–water partition coefficient (Wildman–Crippen LogP) is 2.27. The number of hydrogen-bond acceptors (Lipinski definition) is 3. The van der Waals surface area contributed by atoms with Crippen LogP contribution in [0, 0.1) is 19.3 Å². The summed E-state index contributed by atoms with van der Waals surface area (Å²) in [5.41, 5.74) is 2.61. The number of Topliss-reactive ketones (excluding diaryl/α,β-unsaturated/α-hetero) is 1. The highest BCUT2D eigenvalue weighted by Crippen LogP contribution is 2.09. The highest BCUT2D eigenvalue weighted by Gasteiger charge is 2.14. The molecule has 2 heterocycles. The van der Waals surface area contributed by atoms with Gasteiger partial charge in [-0.25, -0.2) is 0 Å². The molecule has 1 aromatic carbocycles. The number of hydrogen-bond donors (Lipinski definition) is 0. The molecule has 0 spiro atoms. The summed E-state index contributed by atoms with van der Waals surface area (Å²) in [6, 6.07) is 14.6. The molecule has 3 aromatic rings. The molecular weight excluding hydrogens is 314 g/mol. The van der Waals surface area contributed by atoms with Crippen LogP contribution >= 0.6 is 0 Å². The molecular formula is C20H17N3O2. The van der Waals surface area contributed by atoms with Crippen molar-refractivity contribution in [1.29, 1.82) is 0 Å². The molecule has 0 saturated heterocycles. The summed E-state index contributed by atoms with van der Waals surface area (Å²) in [6.07, 6.45) is 6.85. The number of pyridine rings is 1. The maximum absolute atomic E-state index is 12.5. The predicted molar refractivity (Wildman–Crippen MR) is 95.5 cm³/mol. The largest absolute Gasteiger partial charge is 0.306 e. The van der Waals surface area contributed by atoms with E-state index in [9.17, 15) is 9.59 Å². The van der Waals surface area contributed by atoms with E-state index in [0.29, 0.717) is 17.8 Å². The number of terminal acetylenes is 1. The Hall–Kier alpha value is -3.39. The van der Waals surface area contributed by atoms with Crippen molar-refractivity contribution in [2.45, 2.75) is 20.0 Å². The van der Waals surface area contributed by atoms with Crippen LogP contribution in [0.2, 0.25) is 0 Å². The van der Waals surface area contributed by atoms with Gasteiger partial charge in [0.1, 0.15) is 5.69 Å². The lowest BCUT2D eigenvalue weighted by Gasteiger charge is -2.05. The Morgan fingerprint density at radius 3 is 2.68 bits per heavy atom. The van der Waals surface area contributed by atoms with E-state index in [1.165, 1.54) is 16.8 Å². The van der Waals surface area contributed by atoms with Gasteiger partial charge in [0, 0.05) is 23.5 Å². The fraction of sp³-hybridized carbons (Fsp3) is 0.150. The summed E-state index contributed by atoms with van der Waals surface area (Å²) in [7, 11) is 0. The van der Waals surface area contributed by atoms with Crippen LogP contribution in [0.3, 0.4) is 0 Å². The quantitative estimate of drug-likeness (QED) is 0.532. The Morgan fingerprint density at radius 1 is 1.20 bits per heavy atom. The minimum Gasteiger partial charge on any atom is -0.306 e. The summed E-state index contributed by atoms with van der Waals surface area (Å²) in [5.74, 6) is 2.23. The molecule has 0 aliphatic rings. The van der Waals surface area contributed by atoms with E-state index in [2.05, 4.69) is 11.0 Å². The minimum atomic E-state index is -0.271. The number of nitrogens with zero attached hydrogens (tertiary/aromatic N) is 3. The van der Waals surface area contributed by atoms with Crippen LogP contribution in [-0.4, -0.2) is 20.1 Å². The average Bonchev–Trinajstić information content (AvgIpc) is 2.98. The summed E-state index contributed by atoms with van der Waals surface area (Å²) >= 11 is 0. The zero-order valence-electron chi connectivity index (χ0n) is 13.8. The molecule has 3 rings (SSSR count). The highest BCUT2D eigenvalue weighted by atomic mass is 16.1. The van der Waals surface area contributed by atoms with Crippen LogP contribution in [-0.2, 0) is 13.1 Å². The van der Waals surface area contributed by atoms with Crippen LogP contribution in [0.1, 0.15) is 27.3 Å². The van der Waals surface area contributed by atoms with E-state index in [-0.39, 0.29) is 17.9 Å². The number of aromatic nitrogens is 3. The highest BCUT2D eigenvalue weighted by molar-refractivity contribution is 5.94. The molecule has 0 saturated carbocycles. The second kappa shape index (κ2) is 7.02. The summed E-state index contributed by atoms with van der Waals surface area (Å²) < 4.78 is 3.09. The fourth-order valence-electron chi connectivity index (χ4n) is 2.54. The first-order chi connectivity index (χ1) is 12.1. The number of ketones is 1. The zero-order valence-corrected chi connectivity index (χ0v) is 13.8. The number of benzene rings is 1. The van der Waals surface area contributed by atoms with Gasteiger partial charge >= 0.3 is 0 Å². The smallest absolute Gasteiger partial charge is 0.251 e. The van der Waals surface area contributed by atoms with E-state index in [4.69, 9.17) is 6.42 Å². The third-order valence-corrected chi connectivity index (χ3v) is 3.91. The number of carbonyl (C=O) groups excluding carboxylic acids is 1. The van der Waals surface area contributed by atoms with Gasteiger partial charge in [0.15, 0.2) is 0 Å². The van der Waals surface area contributed by atoms with Crippen molar-refractivity contribution in [3.05, 3.63) is 87.6 Å². The van der Waals surface area contributed by atoms with Crippen molar-refractivity contribution in [2.75, 3.05) is 0 Å². The molecule has 0 aliphatic heterocycles. The van der Waals surface area contributed by atoms with Crippen LogP contribution < -0.4 is 5.56 Å². The van der Waals surface area contributed by atoms with Crippen molar-refractivity contribution in [3.63, 3.8) is 0 Å². The van der Waals surface area contributed by atoms with Crippen molar-refractivity contribution < 1.29 is 4.79 Å². The van der Waals surface area contributed by atoms with E-state index in [1.807, 2.05) is 37.3 Å². The molecule has 0 N–H and O–H groups in total. The van der Waals surface area contributed by atoms with Gasteiger partial charge in [-0.2, -0.15) is 5.10 Å². The van der Waals surface area contributed by atoms with Crippen LogP contribution in [0.5, 0.6) is 0 Å². The molecule has 0 atom stereocenters. The monoisotopic (exact) mass is 331 g/mol. The van der Waals surface area contributed by atoms with Gasteiger partial charge in [-0.3, -0.25) is 14.3 Å². The standard InChI is InChI=1S/C20H17N3O2/c1-3-16-9-10-20(25)22(12-16)14-19(24)18-11-15(2)23(21-18)13-17-7-5-4-6-8-17/h1,4-12H,13-14H2,2H3. The van der Waals surface area contributed by atoms with Gasteiger partial charge in [0.05, 0.1) is 13.1 Å². The van der Waals surface area contributed by atoms with Crippen LogP contribution in [0.4, 0.5) is 0 Å². The fourth-order valence-corrected chi connectivity index (χ4v) is 2.54. The van der Waals surface area contributed by atoms with Crippen molar-refractivity contribution in [1.82, 2.24) is 14.3 Å². The molecule has 124 valence electrons. The summed E-state index contributed by atoms with van der Waals surface area (Å²) in [6.45, 7) is 2.40. The second-order valence-electron chi connectivity index (χ2n) is 5.77. The van der Waals surface area contributed by atoms with Crippen molar-refractivity contribution in [2.24, 2.45) is 0 Å². The molecule has 0 radical (unpaired) electrons. The molecule has 2 aromatic heterocycles. The van der Waals surface area contributed by atoms with Gasteiger partial charge in [-0.05, 0) is 24.6 Å². The van der Waals surface area contributed by atoms with Crippen molar-refractivity contribution >= 4 is 5.78 Å². The first-order valence-corrected chi connectivity index (χ1v) is 7.85. The lowest BCUT2D eigenvalue weighted by Crippen LogP contribution is -2.23. The maximum atomic E-state index is 12.5. The Kier molecular flexibility index (Phi) is 4.62. The molecule has 0 amide bonds. The van der Waals surface area contributed by atoms with Crippen LogP contribution in [0.15, 0.2) is 59.5 Å². The summed E-state index contributed by atoms with van der Waals surface area (Å²) in [5, 5.41) is 4.38. The average molecular weight is 331 g/mol. The lowest BCUT2D eigenvalue weighted by molar-refractivity contribution is 0.0965. The number of aryl methyl sites for hydroxylation is 1. The maximum Gasteiger partial charge on any atom is 0.251 e. The number of carbonyl (C=O) groups is 1. The third-order valence-electron chi connectivity index (χ3n) is 3.91. The van der Waals surface area contributed by atoms with E-state index in [0.717, 1.165) is 11.3 Å². The first-order valence-electron chi connectivity index (χ1n) is 7.85. The molecule has 5 heteroatoms. The third kappa shape index (κ3) is 3.75. The summed E-state index contributed by atoms with van der Waals surface area (Å²) in [4.78, 5) is 24.4. The Morgan fingerprint density at radius 2 is 1.96 bits per heavy atom. The van der Waals surface area contributed by atoms with Gasteiger partial charge in [-0.15, -0.1) is 6.42 Å². The van der Waals surface area contributed by atoms with Crippen LogP contribution in [0.25, 0.3) is 0 Å². The lowest BCUT2D eigenvalue weighted by atomic mass is 10.2. The molecule has 5 nitrogen and oxygen atoms in total. The van der Waals surface area contributed by atoms with Gasteiger partial charge in [0.2, 0.25) is 5.78 Å². The van der Waals surface area contributed by atoms with Gasteiger partial charge in [0.25, 0.3) is 5.56 Å². The molecule has 0 aliphatic carbocycles. The van der Waals surface area contributed by atoms with Crippen molar-refractivity contribution in [3.8, 4) is 12.3 Å². The Balaban J connectivity index is 1.81. The first kappa shape index (κ1) is 16.5. The van der Waals surface area contributed by atoms with Gasteiger partial charge in [-0.1, -0.05) is 36.3 Å². The zero-order chi connectivity index (χ0) is 17.8. The van der Waals surface area contributed by atoms with Gasteiger partial charge < -0.3 is 4.57 Å². The number of rotatable bonds is 5. The minimum absolute atomic E-state index is 0.0872. The molecule has 0 bridgehead atoms. The SMILES string of the molecule is C#Cc1ccc(=O)n(CC(=O)c2cc(C)n(Cc3ccccc3)n2)c1. The topological polar surface area (TPSA) is 56.9 Å². The molecule has 0 unspecified atom stereocenters. The van der Waals surface area contributed by atoms with E-state index >= 15 is 0 Å². The Bertz CT molecular complexity index is 1010.